The molecule has 0 saturated heterocycles. The molecule has 0 aliphatic carbocycles. The first-order chi connectivity index (χ1) is 10.2. The summed E-state index contributed by atoms with van der Waals surface area (Å²) in [5, 5.41) is 14.6. The third-order valence-corrected chi connectivity index (χ3v) is 3.18. The molecule has 0 bridgehead atoms. The van der Waals surface area contributed by atoms with Crippen molar-refractivity contribution in [1.29, 1.82) is 0 Å². The van der Waals surface area contributed by atoms with Crippen LogP contribution in [-0.2, 0) is 13.0 Å². The topological polar surface area (TPSA) is 61.4 Å². The second-order valence-electron chi connectivity index (χ2n) is 4.97. The number of benzene rings is 2. The molecule has 0 aliphatic heterocycles. The van der Waals surface area contributed by atoms with Crippen molar-refractivity contribution in [2.24, 2.45) is 0 Å². The fraction of sp³-hybridized carbons (Fsp3) is 0.235. The van der Waals surface area contributed by atoms with Crippen molar-refractivity contribution in [3.05, 3.63) is 65.2 Å². The Morgan fingerprint density at radius 2 is 1.81 bits per heavy atom. The third-order valence-electron chi connectivity index (χ3n) is 3.18. The van der Waals surface area contributed by atoms with Gasteiger partial charge in [0, 0.05) is 12.2 Å². The van der Waals surface area contributed by atoms with E-state index in [-0.39, 0.29) is 12.6 Å². The van der Waals surface area contributed by atoms with Crippen molar-refractivity contribution in [2.45, 2.75) is 20.0 Å². The quantitative estimate of drug-likeness (QED) is 0.790. The molecule has 2 aromatic carbocycles. The molecule has 0 spiro atoms. The first-order valence-electron chi connectivity index (χ1n) is 6.97. The Bertz CT molecular complexity index is 594. The lowest BCUT2D eigenvalue weighted by molar-refractivity contribution is 0.252. The standard InChI is InChI=1S/C17H20N2O2/c1-13-3-2-4-16(11-13)19-17(21)18-10-9-14-5-7-15(12-20)8-6-14/h2-8,11,20H,9-10,12H2,1H3,(H2,18,19,21). The zero-order valence-electron chi connectivity index (χ0n) is 12.1. The number of rotatable bonds is 5. The zero-order chi connectivity index (χ0) is 15.1. The number of amides is 2. The van der Waals surface area contributed by atoms with E-state index < -0.39 is 0 Å². The van der Waals surface area contributed by atoms with Gasteiger partial charge in [-0.05, 0) is 42.2 Å². The van der Waals surface area contributed by atoms with Crippen LogP contribution in [0.5, 0.6) is 0 Å². The van der Waals surface area contributed by atoms with Gasteiger partial charge in [-0.15, -0.1) is 0 Å². The Labute approximate surface area is 124 Å². The fourth-order valence-corrected chi connectivity index (χ4v) is 2.03. The van der Waals surface area contributed by atoms with Gasteiger partial charge in [-0.3, -0.25) is 0 Å². The first-order valence-corrected chi connectivity index (χ1v) is 6.97. The van der Waals surface area contributed by atoms with Gasteiger partial charge in [0.25, 0.3) is 0 Å². The van der Waals surface area contributed by atoms with Crippen LogP contribution in [0.15, 0.2) is 48.5 Å². The summed E-state index contributed by atoms with van der Waals surface area (Å²) in [6.07, 6.45) is 0.757. The predicted octanol–water partition coefficient (Wildman–Crippen LogP) is 2.85. The highest BCUT2D eigenvalue weighted by Gasteiger charge is 2.01. The van der Waals surface area contributed by atoms with Gasteiger partial charge in [-0.2, -0.15) is 0 Å². The van der Waals surface area contributed by atoms with Gasteiger partial charge in [0.2, 0.25) is 0 Å². The molecule has 0 radical (unpaired) electrons. The summed E-state index contributed by atoms with van der Waals surface area (Å²) in [6, 6.07) is 15.2. The van der Waals surface area contributed by atoms with Crippen LogP contribution in [0, 0.1) is 6.92 Å². The van der Waals surface area contributed by atoms with E-state index in [1.807, 2.05) is 55.5 Å². The second-order valence-corrected chi connectivity index (χ2v) is 4.97. The minimum atomic E-state index is -0.201. The van der Waals surface area contributed by atoms with E-state index in [1.165, 1.54) is 0 Å². The molecule has 2 aromatic rings. The minimum absolute atomic E-state index is 0.0530. The van der Waals surface area contributed by atoms with Crippen molar-refractivity contribution in [3.63, 3.8) is 0 Å². The van der Waals surface area contributed by atoms with E-state index in [4.69, 9.17) is 5.11 Å². The van der Waals surface area contributed by atoms with Crippen LogP contribution < -0.4 is 10.6 Å². The van der Waals surface area contributed by atoms with Crippen molar-refractivity contribution < 1.29 is 9.90 Å². The van der Waals surface area contributed by atoms with Crippen LogP contribution >= 0.6 is 0 Å². The summed E-state index contributed by atoms with van der Waals surface area (Å²) < 4.78 is 0. The molecule has 0 heterocycles. The lowest BCUT2D eigenvalue weighted by Crippen LogP contribution is -2.30. The van der Waals surface area contributed by atoms with E-state index in [9.17, 15) is 4.79 Å². The summed E-state index contributed by atoms with van der Waals surface area (Å²) in [5.41, 5.74) is 3.92. The highest BCUT2D eigenvalue weighted by atomic mass is 16.3. The molecule has 2 rings (SSSR count). The molecule has 2 amide bonds. The third kappa shape index (κ3) is 4.93. The minimum Gasteiger partial charge on any atom is -0.392 e. The van der Waals surface area contributed by atoms with Gasteiger partial charge in [0.05, 0.1) is 6.61 Å². The molecule has 0 atom stereocenters. The van der Waals surface area contributed by atoms with E-state index in [0.717, 1.165) is 28.8 Å². The zero-order valence-corrected chi connectivity index (χ0v) is 12.1. The molecular weight excluding hydrogens is 264 g/mol. The molecule has 110 valence electrons. The molecule has 0 saturated carbocycles. The van der Waals surface area contributed by atoms with Gasteiger partial charge in [-0.1, -0.05) is 36.4 Å². The van der Waals surface area contributed by atoms with E-state index in [0.29, 0.717) is 6.54 Å². The molecular formula is C17H20N2O2. The van der Waals surface area contributed by atoms with E-state index in [2.05, 4.69) is 10.6 Å². The molecule has 0 unspecified atom stereocenters. The van der Waals surface area contributed by atoms with E-state index >= 15 is 0 Å². The monoisotopic (exact) mass is 284 g/mol. The van der Waals surface area contributed by atoms with Gasteiger partial charge < -0.3 is 15.7 Å². The van der Waals surface area contributed by atoms with Crippen molar-refractivity contribution in [2.75, 3.05) is 11.9 Å². The number of carbonyl (C=O) groups is 1. The number of urea groups is 1. The molecule has 4 heteroatoms. The van der Waals surface area contributed by atoms with Crippen LogP contribution in [-0.4, -0.2) is 17.7 Å². The fourth-order valence-electron chi connectivity index (χ4n) is 2.03. The summed E-state index contributed by atoms with van der Waals surface area (Å²) in [4.78, 5) is 11.8. The number of hydrogen-bond donors (Lipinski definition) is 3. The molecule has 3 N–H and O–H groups in total. The smallest absolute Gasteiger partial charge is 0.319 e. The average Bonchev–Trinajstić information content (AvgIpc) is 2.48. The molecule has 0 aromatic heterocycles. The van der Waals surface area contributed by atoms with Crippen molar-refractivity contribution >= 4 is 11.7 Å². The SMILES string of the molecule is Cc1cccc(NC(=O)NCCc2ccc(CO)cc2)c1. The van der Waals surface area contributed by atoms with Gasteiger partial charge in [0.15, 0.2) is 0 Å². The first kappa shape index (κ1) is 15.1. The number of aliphatic hydroxyl groups excluding tert-OH is 1. The van der Waals surface area contributed by atoms with Gasteiger partial charge in [0.1, 0.15) is 0 Å². The summed E-state index contributed by atoms with van der Waals surface area (Å²) in [7, 11) is 0. The van der Waals surface area contributed by atoms with Crippen LogP contribution in [0.3, 0.4) is 0 Å². The van der Waals surface area contributed by atoms with Gasteiger partial charge in [-0.25, -0.2) is 4.79 Å². The second kappa shape index (κ2) is 7.45. The highest BCUT2D eigenvalue weighted by molar-refractivity contribution is 5.89. The summed E-state index contributed by atoms with van der Waals surface area (Å²) >= 11 is 0. The maximum Gasteiger partial charge on any atom is 0.319 e. The van der Waals surface area contributed by atoms with E-state index in [1.54, 1.807) is 0 Å². The Hall–Kier alpha value is -2.33. The van der Waals surface area contributed by atoms with Crippen molar-refractivity contribution in [1.82, 2.24) is 5.32 Å². The number of aliphatic hydroxyl groups is 1. The van der Waals surface area contributed by atoms with Crippen LogP contribution in [0.25, 0.3) is 0 Å². The summed E-state index contributed by atoms with van der Waals surface area (Å²) in [5.74, 6) is 0. The largest absolute Gasteiger partial charge is 0.392 e. The molecule has 4 nitrogen and oxygen atoms in total. The lowest BCUT2D eigenvalue weighted by Gasteiger charge is -2.08. The van der Waals surface area contributed by atoms with Crippen LogP contribution in [0.4, 0.5) is 10.5 Å². The Morgan fingerprint density at radius 3 is 2.48 bits per heavy atom. The Balaban J connectivity index is 1.76. The summed E-state index contributed by atoms with van der Waals surface area (Å²) in [6.45, 7) is 2.60. The number of carbonyl (C=O) groups excluding carboxylic acids is 1. The Kier molecular flexibility index (Phi) is 5.35. The molecule has 0 aliphatic rings. The van der Waals surface area contributed by atoms with Gasteiger partial charge >= 0.3 is 6.03 Å². The number of nitrogens with one attached hydrogen (secondary N) is 2. The Morgan fingerprint density at radius 1 is 1.10 bits per heavy atom. The number of anilines is 1. The highest BCUT2D eigenvalue weighted by Crippen LogP contribution is 2.09. The predicted molar refractivity (Wildman–Crippen MR) is 84.3 cm³/mol. The normalized spacial score (nSPS) is 10.2. The maximum atomic E-state index is 11.8. The van der Waals surface area contributed by atoms with Crippen LogP contribution in [0.2, 0.25) is 0 Å². The number of aryl methyl sites for hydroxylation is 1. The maximum absolute atomic E-state index is 11.8. The average molecular weight is 284 g/mol. The van der Waals surface area contributed by atoms with Crippen LogP contribution in [0.1, 0.15) is 16.7 Å². The molecule has 0 fully saturated rings. The number of hydrogen-bond acceptors (Lipinski definition) is 2. The lowest BCUT2D eigenvalue weighted by atomic mass is 10.1. The molecule has 21 heavy (non-hydrogen) atoms. The van der Waals surface area contributed by atoms with Crippen molar-refractivity contribution in [3.8, 4) is 0 Å².